The molecular formula is C17H17BrN2O3. The van der Waals surface area contributed by atoms with Crippen LogP contribution in [0.3, 0.4) is 0 Å². The van der Waals surface area contributed by atoms with Gasteiger partial charge in [-0.05, 0) is 61.8 Å². The average Bonchev–Trinajstić information content (AvgIpc) is 2.83. The third-order valence-corrected chi connectivity index (χ3v) is 6.08. The Labute approximate surface area is 142 Å². The summed E-state index contributed by atoms with van der Waals surface area (Å²) >= 11 is 3.31. The zero-order chi connectivity index (χ0) is 16.1. The van der Waals surface area contributed by atoms with Crippen molar-refractivity contribution in [1.82, 2.24) is 10.4 Å². The minimum Gasteiger partial charge on any atom is -0.272 e. The van der Waals surface area contributed by atoms with Crippen LogP contribution in [0.1, 0.15) is 36.0 Å². The van der Waals surface area contributed by atoms with E-state index in [1.807, 2.05) is 0 Å². The first-order valence-corrected chi connectivity index (χ1v) is 8.80. The van der Waals surface area contributed by atoms with Gasteiger partial charge < -0.3 is 0 Å². The number of carbonyl (C=O) groups excluding carboxylic acids is 3. The van der Waals surface area contributed by atoms with Gasteiger partial charge in [0.1, 0.15) is 0 Å². The summed E-state index contributed by atoms with van der Waals surface area (Å²) in [7, 11) is 0. The van der Waals surface area contributed by atoms with Crippen LogP contribution < -0.4 is 5.43 Å². The molecule has 0 spiro atoms. The number of nitrogens with zero attached hydrogens (tertiary/aromatic N) is 1. The van der Waals surface area contributed by atoms with Crippen molar-refractivity contribution in [3.05, 3.63) is 34.3 Å². The maximum Gasteiger partial charge on any atom is 0.270 e. The Hall–Kier alpha value is -1.69. The lowest BCUT2D eigenvalue weighted by Gasteiger charge is -2.42. The Balaban J connectivity index is 1.55. The molecule has 0 unspecified atom stereocenters. The van der Waals surface area contributed by atoms with Gasteiger partial charge in [0.25, 0.3) is 17.7 Å². The number of hydrogen-bond acceptors (Lipinski definition) is 3. The molecule has 0 aromatic heterocycles. The van der Waals surface area contributed by atoms with E-state index >= 15 is 0 Å². The van der Waals surface area contributed by atoms with Gasteiger partial charge in [-0.2, -0.15) is 5.01 Å². The Bertz CT molecular complexity index is 650. The van der Waals surface area contributed by atoms with Crippen LogP contribution in [0.4, 0.5) is 0 Å². The summed E-state index contributed by atoms with van der Waals surface area (Å²) in [4.78, 5) is 37.6. The smallest absolute Gasteiger partial charge is 0.270 e. The van der Waals surface area contributed by atoms with E-state index < -0.39 is 5.91 Å². The SMILES string of the molecule is O=C(NN1C(=O)[C@@H]2C3CCC(CC3)[C@@H]2C1=O)c1ccc(Br)cc1. The van der Waals surface area contributed by atoms with Gasteiger partial charge in [0, 0.05) is 10.0 Å². The van der Waals surface area contributed by atoms with Gasteiger partial charge >= 0.3 is 0 Å². The van der Waals surface area contributed by atoms with E-state index in [2.05, 4.69) is 21.4 Å². The maximum absolute atomic E-state index is 12.6. The van der Waals surface area contributed by atoms with E-state index in [0.717, 1.165) is 35.2 Å². The molecule has 4 aliphatic rings. The van der Waals surface area contributed by atoms with E-state index in [9.17, 15) is 14.4 Å². The number of rotatable bonds is 2. The maximum atomic E-state index is 12.6. The Morgan fingerprint density at radius 3 is 1.91 bits per heavy atom. The molecule has 6 heteroatoms. The summed E-state index contributed by atoms with van der Waals surface area (Å²) < 4.78 is 0.866. The van der Waals surface area contributed by atoms with Gasteiger partial charge in [0.05, 0.1) is 11.8 Å². The van der Waals surface area contributed by atoms with Crippen molar-refractivity contribution in [3.63, 3.8) is 0 Å². The second kappa shape index (κ2) is 5.44. The fraction of sp³-hybridized carbons (Fsp3) is 0.471. The lowest BCUT2D eigenvalue weighted by molar-refractivity contribution is -0.143. The second-order valence-corrected chi connectivity index (χ2v) is 7.60. The van der Waals surface area contributed by atoms with Gasteiger partial charge in [-0.15, -0.1) is 0 Å². The molecule has 4 fully saturated rings. The molecule has 2 bridgehead atoms. The number of halogens is 1. The summed E-state index contributed by atoms with van der Waals surface area (Å²) in [6.45, 7) is 0. The fourth-order valence-electron chi connectivity index (χ4n) is 4.44. The predicted octanol–water partition coefficient (Wildman–Crippen LogP) is 2.52. The normalized spacial score (nSPS) is 32.1. The highest BCUT2D eigenvalue weighted by Gasteiger charge is 2.58. The third-order valence-electron chi connectivity index (χ3n) is 5.55. The minimum atomic E-state index is -0.426. The second-order valence-electron chi connectivity index (χ2n) is 6.69. The summed E-state index contributed by atoms with van der Waals surface area (Å²) in [5.41, 5.74) is 2.94. The van der Waals surface area contributed by atoms with Crippen LogP contribution in [-0.4, -0.2) is 22.7 Å². The van der Waals surface area contributed by atoms with Crippen molar-refractivity contribution in [2.24, 2.45) is 23.7 Å². The average molecular weight is 377 g/mol. The molecule has 3 amide bonds. The number of imide groups is 1. The Kier molecular flexibility index (Phi) is 3.52. The molecule has 2 atom stereocenters. The van der Waals surface area contributed by atoms with Gasteiger partial charge in [-0.3, -0.25) is 19.8 Å². The summed E-state index contributed by atoms with van der Waals surface area (Å²) in [6.07, 6.45) is 4.11. The fourth-order valence-corrected chi connectivity index (χ4v) is 4.71. The molecule has 3 saturated carbocycles. The van der Waals surface area contributed by atoms with Crippen molar-refractivity contribution in [1.29, 1.82) is 0 Å². The summed E-state index contributed by atoms with van der Waals surface area (Å²) in [5.74, 6) is -0.711. The van der Waals surface area contributed by atoms with E-state index in [4.69, 9.17) is 0 Å². The van der Waals surface area contributed by atoms with E-state index in [0.29, 0.717) is 17.4 Å². The van der Waals surface area contributed by atoms with Gasteiger partial charge in [-0.25, -0.2) is 0 Å². The molecule has 1 aromatic rings. The van der Waals surface area contributed by atoms with Crippen molar-refractivity contribution in [2.75, 3.05) is 0 Å². The van der Waals surface area contributed by atoms with Crippen molar-refractivity contribution < 1.29 is 14.4 Å². The third kappa shape index (κ3) is 2.31. The van der Waals surface area contributed by atoms with Crippen LogP contribution >= 0.6 is 15.9 Å². The highest BCUT2D eigenvalue weighted by Crippen LogP contribution is 2.52. The van der Waals surface area contributed by atoms with Crippen LogP contribution in [0.25, 0.3) is 0 Å². The van der Waals surface area contributed by atoms with Crippen LogP contribution in [0.5, 0.6) is 0 Å². The molecule has 1 heterocycles. The van der Waals surface area contributed by atoms with Crippen LogP contribution in [0.15, 0.2) is 28.7 Å². The number of fused-ring (bicyclic) bond motifs is 2. The largest absolute Gasteiger partial charge is 0.272 e. The van der Waals surface area contributed by atoms with Crippen LogP contribution in [-0.2, 0) is 9.59 Å². The molecule has 1 N–H and O–H groups in total. The predicted molar refractivity (Wildman–Crippen MR) is 85.9 cm³/mol. The standard InChI is InChI=1S/C17H17BrN2O3/c18-12-7-5-11(6-8-12)15(21)19-20-16(22)13-9-1-2-10(4-3-9)14(13)17(20)23/h5-10,13-14H,1-4H2,(H,19,21)/t9?,10?,13-,14+. The monoisotopic (exact) mass is 376 g/mol. The molecule has 120 valence electrons. The van der Waals surface area contributed by atoms with Crippen molar-refractivity contribution in [2.45, 2.75) is 25.7 Å². The van der Waals surface area contributed by atoms with Gasteiger partial charge in [0.2, 0.25) is 0 Å². The highest BCUT2D eigenvalue weighted by atomic mass is 79.9. The molecule has 23 heavy (non-hydrogen) atoms. The van der Waals surface area contributed by atoms with E-state index in [1.54, 1.807) is 24.3 Å². The summed E-state index contributed by atoms with van der Waals surface area (Å²) in [6, 6.07) is 6.81. The van der Waals surface area contributed by atoms with Crippen LogP contribution in [0, 0.1) is 23.7 Å². The van der Waals surface area contributed by atoms with Crippen LogP contribution in [0.2, 0.25) is 0 Å². The number of hydrazine groups is 1. The number of benzene rings is 1. The minimum absolute atomic E-state index is 0.222. The zero-order valence-corrected chi connectivity index (χ0v) is 14.1. The first-order valence-electron chi connectivity index (χ1n) is 8.00. The lowest BCUT2D eigenvalue weighted by Crippen LogP contribution is -2.46. The Morgan fingerprint density at radius 2 is 1.43 bits per heavy atom. The molecule has 3 aliphatic carbocycles. The van der Waals surface area contributed by atoms with Gasteiger partial charge in [-0.1, -0.05) is 15.9 Å². The number of carbonyl (C=O) groups is 3. The van der Waals surface area contributed by atoms with Crippen molar-refractivity contribution in [3.8, 4) is 0 Å². The van der Waals surface area contributed by atoms with Crippen molar-refractivity contribution >= 4 is 33.7 Å². The quantitative estimate of drug-likeness (QED) is 0.806. The highest BCUT2D eigenvalue weighted by molar-refractivity contribution is 9.10. The van der Waals surface area contributed by atoms with Gasteiger partial charge in [0.15, 0.2) is 0 Å². The first kappa shape index (κ1) is 14.9. The number of hydrogen-bond donors (Lipinski definition) is 1. The molecule has 1 saturated heterocycles. The topological polar surface area (TPSA) is 66.5 Å². The van der Waals surface area contributed by atoms with E-state index in [1.165, 1.54) is 0 Å². The zero-order valence-electron chi connectivity index (χ0n) is 12.5. The molecule has 1 aromatic carbocycles. The summed E-state index contributed by atoms with van der Waals surface area (Å²) in [5, 5.41) is 0.982. The first-order chi connectivity index (χ1) is 11.1. The lowest BCUT2D eigenvalue weighted by atomic mass is 9.59. The number of nitrogens with one attached hydrogen (secondary N) is 1. The molecule has 1 aliphatic heterocycles. The number of amides is 3. The molecule has 5 rings (SSSR count). The molecule has 5 nitrogen and oxygen atoms in total. The Morgan fingerprint density at radius 1 is 0.957 bits per heavy atom. The molecular weight excluding hydrogens is 360 g/mol. The van der Waals surface area contributed by atoms with E-state index in [-0.39, 0.29) is 23.7 Å². The molecule has 0 radical (unpaired) electrons.